The summed E-state index contributed by atoms with van der Waals surface area (Å²) in [6.45, 7) is 15.8. The van der Waals surface area contributed by atoms with Crippen LogP contribution in [0.15, 0.2) is 35.3 Å². The molecule has 1 aromatic rings. The lowest BCUT2D eigenvalue weighted by Crippen LogP contribution is -2.46. The second-order valence-electron chi connectivity index (χ2n) is 8.94. The molecule has 2 saturated heterocycles. The van der Waals surface area contributed by atoms with Crippen molar-refractivity contribution < 1.29 is 9.47 Å². The molecule has 2 unspecified atom stereocenters. The first-order chi connectivity index (χ1) is 14.6. The van der Waals surface area contributed by atoms with Crippen molar-refractivity contribution in [3.05, 3.63) is 35.9 Å². The van der Waals surface area contributed by atoms with Crippen molar-refractivity contribution in [3.8, 4) is 0 Å². The monoisotopic (exact) mass is 544 g/mol. The van der Waals surface area contributed by atoms with Gasteiger partial charge in [0.1, 0.15) is 0 Å². The van der Waals surface area contributed by atoms with E-state index in [-0.39, 0.29) is 30.1 Å². The molecule has 176 valence electrons. The van der Waals surface area contributed by atoms with Crippen LogP contribution in [0, 0.1) is 11.8 Å². The maximum Gasteiger partial charge on any atom is 0.194 e. The molecular weight excluding hydrogens is 503 g/mol. The fourth-order valence-corrected chi connectivity index (χ4v) is 4.27. The summed E-state index contributed by atoms with van der Waals surface area (Å²) in [5.41, 5.74) is 1.24. The number of nitrogens with zero attached hydrogens (tertiary/aromatic N) is 3. The smallest absolute Gasteiger partial charge is 0.194 e. The third-order valence-corrected chi connectivity index (χ3v) is 5.68. The van der Waals surface area contributed by atoms with E-state index in [0.29, 0.717) is 18.4 Å². The molecule has 2 aliphatic heterocycles. The number of hydrogen-bond donors (Lipinski definition) is 1. The highest BCUT2D eigenvalue weighted by atomic mass is 127. The number of rotatable bonds is 9. The number of hydrogen-bond acceptors (Lipinski definition) is 4. The minimum absolute atomic E-state index is 0. The van der Waals surface area contributed by atoms with Gasteiger partial charge < -0.3 is 19.7 Å². The maximum absolute atomic E-state index is 5.98. The Morgan fingerprint density at radius 1 is 1.23 bits per heavy atom. The highest BCUT2D eigenvalue weighted by molar-refractivity contribution is 14.0. The Labute approximate surface area is 205 Å². The van der Waals surface area contributed by atoms with Crippen LogP contribution >= 0.6 is 24.0 Å². The van der Waals surface area contributed by atoms with E-state index in [0.717, 1.165) is 71.4 Å². The summed E-state index contributed by atoms with van der Waals surface area (Å²) in [7, 11) is 0. The van der Waals surface area contributed by atoms with E-state index in [1.54, 1.807) is 0 Å². The second-order valence-corrected chi connectivity index (χ2v) is 8.94. The highest BCUT2D eigenvalue weighted by Crippen LogP contribution is 2.18. The van der Waals surface area contributed by atoms with Crippen molar-refractivity contribution in [1.82, 2.24) is 15.1 Å². The van der Waals surface area contributed by atoms with E-state index in [2.05, 4.69) is 60.2 Å². The lowest BCUT2D eigenvalue weighted by atomic mass is 10.1. The van der Waals surface area contributed by atoms with Gasteiger partial charge in [-0.25, -0.2) is 0 Å². The molecule has 2 fully saturated rings. The molecule has 31 heavy (non-hydrogen) atoms. The molecule has 0 saturated carbocycles. The molecule has 2 heterocycles. The van der Waals surface area contributed by atoms with Gasteiger partial charge in [-0.3, -0.25) is 9.89 Å². The maximum atomic E-state index is 5.98. The molecule has 2 aliphatic rings. The number of likely N-dealkylation sites (tertiary alicyclic amines) is 1. The predicted octanol–water partition coefficient (Wildman–Crippen LogP) is 3.47. The van der Waals surface area contributed by atoms with Gasteiger partial charge in [-0.2, -0.15) is 0 Å². The van der Waals surface area contributed by atoms with Crippen LogP contribution in [-0.4, -0.2) is 80.9 Å². The van der Waals surface area contributed by atoms with E-state index >= 15 is 0 Å². The predicted molar refractivity (Wildman–Crippen MR) is 138 cm³/mol. The summed E-state index contributed by atoms with van der Waals surface area (Å²) in [4.78, 5) is 9.83. The number of guanidine groups is 1. The van der Waals surface area contributed by atoms with Crippen LogP contribution in [0.2, 0.25) is 0 Å². The van der Waals surface area contributed by atoms with E-state index in [4.69, 9.17) is 14.5 Å². The largest absolute Gasteiger partial charge is 0.376 e. The lowest BCUT2D eigenvalue weighted by molar-refractivity contribution is -0.0262. The molecule has 6 nitrogen and oxygen atoms in total. The van der Waals surface area contributed by atoms with Gasteiger partial charge in [-0.05, 0) is 24.8 Å². The van der Waals surface area contributed by atoms with Gasteiger partial charge in [0.05, 0.1) is 32.5 Å². The van der Waals surface area contributed by atoms with E-state index < -0.39 is 0 Å². The SMILES string of the molecule is CCNC(=NCC1CN(CC(C)C)CCO1)N1CCC(COCc2ccccc2)C1.I. The Bertz CT molecular complexity index is 644. The average Bonchev–Trinajstić information content (AvgIpc) is 3.20. The van der Waals surface area contributed by atoms with E-state index in [1.165, 1.54) is 5.56 Å². The Morgan fingerprint density at radius 3 is 2.77 bits per heavy atom. The minimum Gasteiger partial charge on any atom is -0.376 e. The number of halogens is 1. The molecule has 0 aromatic heterocycles. The van der Waals surface area contributed by atoms with Gasteiger partial charge >= 0.3 is 0 Å². The summed E-state index contributed by atoms with van der Waals surface area (Å²) in [6.07, 6.45) is 1.35. The summed E-state index contributed by atoms with van der Waals surface area (Å²) < 4.78 is 12.0. The molecule has 7 heteroatoms. The van der Waals surface area contributed by atoms with Crippen LogP contribution < -0.4 is 5.32 Å². The van der Waals surface area contributed by atoms with Gasteiger partial charge in [-0.15, -0.1) is 24.0 Å². The second kappa shape index (κ2) is 14.3. The van der Waals surface area contributed by atoms with Crippen LogP contribution in [0.4, 0.5) is 0 Å². The van der Waals surface area contributed by atoms with Crippen molar-refractivity contribution in [2.75, 3.05) is 59.0 Å². The van der Waals surface area contributed by atoms with Crippen molar-refractivity contribution in [3.63, 3.8) is 0 Å². The molecule has 1 N–H and O–H groups in total. The van der Waals surface area contributed by atoms with Gasteiger partial charge in [0.2, 0.25) is 0 Å². The molecule has 3 rings (SSSR count). The van der Waals surface area contributed by atoms with Crippen LogP contribution in [0.25, 0.3) is 0 Å². The van der Waals surface area contributed by atoms with Crippen molar-refractivity contribution in [2.45, 2.75) is 39.9 Å². The third kappa shape index (κ3) is 9.24. The van der Waals surface area contributed by atoms with E-state index in [9.17, 15) is 0 Å². The number of morpholine rings is 1. The molecule has 0 amide bonds. The van der Waals surface area contributed by atoms with Crippen LogP contribution in [0.3, 0.4) is 0 Å². The van der Waals surface area contributed by atoms with Crippen LogP contribution in [0.1, 0.15) is 32.8 Å². The number of benzene rings is 1. The average molecular weight is 545 g/mol. The normalized spacial score (nSPS) is 22.6. The Morgan fingerprint density at radius 2 is 2.03 bits per heavy atom. The van der Waals surface area contributed by atoms with Crippen molar-refractivity contribution >= 4 is 29.9 Å². The first kappa shape index (κ1) is 26.4. The number of aliphatic imine (C=N–C) groups is 1. The van der Waals surface area contributed by atoms with Gasteiger partial charge in [-0.1, -0.05) is 44.2 Å². The zero-order valence-corrected chi connectivity index (χ0v) is 21.8. The van der Waals surface area contributed by atoms with Crippen molar-refractivity contribution in [2.24, 2.45) is 16.8 Å². The lowest BCUT2D eigenvalue weighted by Gasteiger charge is -2.33. The Kier molecular flexibility index (Phi) is 12.1. The summed E-state index contributed by atoms with van der Waals surface area (Å²) in [6, 6.07) is 10.4. The van der Waals surface area contributed by atoms with Gasteiger partial charge in [0.25, 0.3) is 0 Å². The van der Waals surface area contributed by atoms with Crippen molar-refractivity contribution in [1.29, 1.82) is 0 Å². The molecule has 2 atom stereocenters. The first-order valence-corrected chi connectivity index (χ1v) is 11.6. The highest BCUT2D eigenvalue weighted by Gasteiger charge is 2.26. The van der Waals surface area contributed by atoms with Gasteiger partial charge in [0.15, 0.2) is 5.96 Å². The van der Waals surface area contributed by atoms with E-state index in [1.807, 2.05) is 6.07 Å². The first-order valence-electron chi connectivity index (χ1n) is 11.6. The third-order valence-electron chi connectivity index (χ3n) is 5.68. The number of ether oxygens (including phenoxy) is 2. The quantitative estimate of drug-likeness (QED) is 0.293. The van der Waals surface area contributed by atoms with Crippen LogP contribution in [-0.2, 0) is 16.1 Å². The zero-order chi connectivity index (χ0) is 21.2. The molecule has 0 spiro atoms. The summed E-state index contributed by atoms with van der Waals surface area (Å²) in [5.74, 6) is 2.27. The molecule has 0 aliphatic carbocycles. The zero-order valence-electron chi connectivity index (χ0n) is 19.5. The number of nitrogens with one attached hydrogen (secondary N) is 1. The summed E-state index contributed by atoms with van der Waals surface area (Å²) >= 11 is 0. The Balaban J connectivity index is 0.00000341. The molecular formula is C24H41IN4O2. The molecule has 1 aromatic carbocycles. The Hall–Kier alpha value is -0.900. The topological polar surface area (TPSA) is 49.3 Å². The van der Waals surface area contributed by atoms with Gasteiger partial charge in [0, 0.05) is 45.2 Å². The minimum atomic E-state index is 0. The summed E-state index contributed by atoms with van der Waals surface area (Å²) in [5, 5.41) is 3.48. The fraction of sp³-hybridized carbons (Fsp3) is 0.708. The standard InChI is InChI=1S/C24H40N4O2.HI/c1-4-25-24(26-14-23-17-27(12-13-30-23)15-20(2)3)28-11-10-22(16-28)19-29-18-21-8-6-5-7-9-21;/h5-9,20,22-23H,4,10-19H2,1-3H3,(H,25,26);1H. The molecule has 0 radical (unpaired) electrons. The molecule has 0 bridgehead atoms. The fourth-order valence-electron chi connectivity index (χ4n) is 4.27. The van der Waals surface area contributed by atoms with Crippen LogP contribution in [0.5, 0.6) is 0 Å².